The maximum Gasteiger partial charge on any atom is 0.237 e. The second-order valence-corrected chi connectivity index (χ2v) is 9.83. The smallest absolute Gasteiger partial charge is 0.237 e. The molecule has 1 fully saturated rings. The van der Waals surface area contributed by atoms with Gasteiger partial charge in [0.1, 0.15) is 0 Å². The normalized spacial score (nSPS) is 14.6. The number of hydrogen-bond acceptors (Lipinski definition) is 6. The van der Waals surface area contributed by atoms with Crippen LogP contribution >= 0.6 is 35.1 Å². The average Bonchev–Trinajstić information content (AvgIpc) is 3.44. The summed E-state index contributed by atoms with van der Waals surface area (Å²) in [7, 11) is 0. The van der Waals surface area contributed by atoms with E-state index in [1.165, 1.54) is 11.8 Å². The molecule has 1 N–H and O–H groups in total. The van der Waals surface area contributed by atoms with Gasteiger partial charge in [-0.15, -0.1) is 22.0 Å². The van der Waals surface area contributed by atoms with E-state index in [4.69, 9.17) is 11.6 Å². The molecule has 1 amide bonds. The Morgan fingerprint density at radius 2 is 1.90 bits per heavy atom. The van der Waals surface area contributed by atoms with Crippen molar-refractivity contribution in [2.24, 2.45) is 0 Å². The first-order valence-electron chi connectivity index (χ1n) is 10.1. The second kappa shape index (κ2) is 9.97. The molecule has 0 saturated carbocycles. The highest BCUT2D eigenvalue weighted by Gasteiger charge is 2.25. The fourth-order valence-corrected chi connectivity index (χ4v) is 5.10. The van der Waals surface area contributed by atoms with Crippen LogP contribution in [0.2, 0.25) is 5.02 Å². The number of nitrogens with one attached hydrogen (secondary N) is 1. The number of thioether (sulfide) groups is 2. The van der Waals surface area contributed by atoms with Crippen molar-refractivity contribution in [2.45, 2.75) is 35.1 Å². The third-order valence-corrected chi connectivity index (χ3v) is 7.16. The lowest BCUT2D eigenvalue weighted by Gasteiger charge is -2.19. The number of aromatic nitrogens is 3. The predicted molar refractivity (Wildman–Crippen MR) is 130 cm³/mol. The number of carbonyl (C=O) groups is 1. The van der Waals surface area contributed by atoms with Crippen molar-refractivity contribution < 1.29 is 4.79 Å². The minimum atomic E-state index is -0.358. The first kappa shape index (κ1) is 22.0. The molecule has 1 aliphatic heterocycles. The van der Waals surface area contributed by atoms with E-state index in [1.807, 2.05) is 66.3 Å². The number of carbonyl (C=O) groups excluding carboxylic acids is 1. The van der Waals surface area contributed by atoms with Gasteiger partial charge in [0.2, 0.25) is 11.9 Å². The molecule has 0 spiro atoms. The third kappa shape index (κ3) is 5.02. The molecule has 6 nitrogen and oxygen atoms in total. The van der Waals surface area contributed by atoms with E-state index in [9.17, 15) is 4.79 Å². The molecule has 4 rings (SSSR count). The van der Waals surface area contributed by atoms with Gasteiger partial charge in [0.05, 0.1) is 16.6 Å². The molecule has 1 aliphatic rings. The fourth-order valence-electron chi connectivity index (χ4n) is 3.50. The number of para-hydroxylation sites is 1. The summed E-state index contributed by atoms with van der Waals surface area (Å²) >= 11 is 9.26. The SMILES string of the molecule is CSc1ccccc1NC(=O)C(C)Sc1nnc(N2CCCC2)n1-c1cccc(Cl)c1. The maximum absolute atomic E-state index is 12.9. The van der Waals surface area contributed by atoms with Crippen molar-refractivity contribution >= 4 is 52.7 Å². The highest BCUT2D eigenvalue weighted by Crippen LogP contribution is 2.32. The van der Waals surface area contributed by atoms with Gasteiger partial charge in [-0.3, -0.25) is 9.36 Å². The van der Waals surface area contributed by atoms with E-state index < -0.39 is 0 Å². The molecule has 3 aromatic rings. The quantitative estimate of drug-likeness (QED) is 0.466. The van der Waals surface area contributed by atoms with E-state index in [-0.39, 0.29) is 11.2 Å². The zero-order valence-corrected chi connectivity index (χ0v) is 19.8. The van der Waals surface area contributed by atoms with Crippen molar-refractivity contribution in [2.75, 3.05) is 29.6 Å². The van der Waals surface area contributed by atoms with Crippen molar-refractivity contribution in [1.82, 2.24) is 14.8 Å². The van der Waals surface area contributed by atoms with Crippen molar-refractivity contribution in [3.8, 4) is 5.69 Å². The molecule has 2 heterocycles. The second-order valence-electron chi connectivity index (χ2n) is 7.24. The van der Waals surface area contributed by atoms with Gasteiger partial charge in [-0.1, -0.05) is 41.6 Å². The number of nitrogens with zero attached hydrogens (tertiary/aromatic N) is 4. The van der Waals surface area contributed by atoms with Gasteiger partial charge in [0.15, 0.2) is 5.16 Å². The zero-order valence-electron chi connectivity index (χ0n) is 17.4. The Hall–Kier alpha value is -2.16. The highest BCUT2D eigenvalue weighted by molar-refractivity contribution is 8.00. The van der Waals surface area contributed by atoms with Crippen LogP contribution < -0.4 is 10.2 Å². The summed E-state index contributed by atoms with van der Waals surface area (Å²) in [6.07, 6.45) is 4.27. The Labute approximate surface area is 195 Å². The molecule has 162 valence electrons. The Morgan fingerprint density at radius 1 is 1.13 bits per heavy atom. The first-order valence-corrected chi connectivity index (χ1v) is 12.6. The molecule has 9 heteroatoms. The monoisotopic (exact) mass is 473 g/mol. The summed E-state index contributed by atoms with van der Waals surface area (Å²) in [5.41, 5.74) is 1.71. The van der Waals surface area contributed by atoms with Crippen LogP contribution in [-0.4, -0.2) is 45.3 Å². The Bertz CT molecular complexity index is 1070. The summed E-state index contributed by atoms with van der Waals surface area (Å²) in [4.78, 5) is 16.2. The highest BCUT2D eigenvalue weighted by atomic mass is 35.5. The lowest BCUT2D eigenvalue weighted by molar-refractivity contribution is -0.115. The number of rotatable bonds is 7. The molecule has 0 bridgehead atoms. The number of amides is 1. The summed E-state index contributed by atoms with van der Waals surface area (Å²) in [5.74, 6) is 0.720. The lowest BCUT2D eigenvalue weighted by Crippen LogP contribution is -2.24. The molecule has 1 aromatic heterocycles. The molecular formula is C22H24ClN5OS2. The minimum absolute atomic E-state index is 0.0742. The van der Waals surface area contributed by atoms with Gasteiger partial charge in [-0.2, -0.15) is 0 Å². The van der Waals surface area contributed by atoms with Crippen LogP contribution in [0.4, 0.5) is 11.6 Å². The van der Waals surface area contributed by atoms with E-state index >= 15 is 0 Å². The number of benzene rings is 2. The van der Waals surface area contributed by atoms with Gasteiger partial charge in [0, 0.05) is 23.0 Å². The molecule has 2 aromatic carbocycles. The Morgan fingerprint density at radius 3 is 2.65 bits per heavy atom. The van der Waals surface area contributed by atoms with E-state index in [2.05, 4.69) is 20.4 Å². The molecule has 0 radical (unpaired) electrons. The zero-order chi connectivity index (χ0) is 21.8. The van der Waals surface area contributed by atoms with E-state index in [0.717, 1.165) is 48.1 Å². The van der Waals surface area contributed by atoms with Gasteiger partial charge < -0.3 is 10.2 Å². The van der Waals surface area contributed by atoms with E-state index in [1.54, 1.807) is 11.8 Å². The topological polar surface area (TPSA) is 63.1 Å². The average molecular weight is 474 g/mol. The molecule has 31 heavy (non-hydrogen) atoms. The molecule has 1 saturated heterocycles. The van der Waals surface area contributed by atoms with Crippen LogP contribution in [0, 0.1) is 0 Å². The summed E-state index contributed by atoms with van der Waals surface area (Å²) < 4.78 is 2.00. The van der Waals surface area contributed by atoms with Gasteiger partial charge in [-0.05, 0) is 56.4 Å². The van der Waals surface area contributed by atoms with Crippen LogP contribution in [0.15, 0.2) is 58.6 Å². The van der Waals surface area contributed by atoms with Crippen molar-refractivity contribution in [1.29, 1.82) is 0 Å². The number of halogens is 1. The number of hydrogen-bond donors (Lipinski definition) is 1. The molecule has 1 atom stereocenters. The molecule has 1 unspecified atom stereocenters. The van der Waals surface area contributed by atoms with Crippen LogP contribution in [0.3, 0.4) is 0 Å². The fraction of sp³-hybridized carbons (Fsp3) is 0.318. The van der Waals surface area contributed by atoms with Crippen LogP contribution in [0.1, 0.15) is 19.8 Å². The Kier molecular flexibility index (Phi) is 7.09. The first-order chi connectivity index (χ1) is 15.1. The molecule has 0 aliphatic carbocycles. The Balaban J connectivity index is 1.59. The van der Waals surface area contributed by atoms with Crippen molar-refractivity contribution in [3.63, 3.8) is 0 Å². The van der Waals surface area contributed by atoms with Gasteiger partial charge in [0.25, 0.3) is 0 Å². The van der Waals surface area contributed by atoms with Gasteiger partial charge in [-0.25, -0.2) is 0 Å². The standard InChI is InChI=1S/C22H24ClN5OS2/c1-15(20(29)24-18-10-3-4-11-19(18)30-2)31-22-26-25-21(27-12-5-6-13-27)28(22)17-9-7-8-16(23)14-17/h3-4,7-11,14-15H,5-6,12-13H2,1-2H3,(H,24,29). The van der Waals surface area contributed by atoms with Crippen molar-refractivity contribution in [3.05, 3.63) is 53.6 Å². The van der Waals surface area contributed by atoms with Gasteiger partial charge >= 0.3 is 0 Å². The lowest BCUT2D eigenvalue weighted by atomic mass is 10.3. The van der Waals surface area contributed by atoms with E-state index in [0.29, 0.717) is 10.2 Å². The van der Waals surface area contributed by atoms with Crippen LogP contribution in [-0.2, 0) is 4.79 Å². The summed E-state index contributed by atoms with van der Waals surface area (Å²) in [5, 5.41) is 12.9. The third-order valence-electron chi connectivity index (χ3n) is 5.09. The maximum atomic E-state index is 12.9. The summed E-state index contributed by atoms with van der Waals surface area (Å²) in [6, 6.07) is 15.4. The predicted octanol–water partition coefficient (Wildman–Crippen LogP) is 5.36. The summed E-state index contributed by atoms with van der Waals surface area (Å²) in [6.45, 7) is 3.78. The van der Waals surface area contributed by atoms with Crippen LogP contribution in [0.25, 0.3) is 5.69 Å². The minimum Gasteiger partial charge on any atom is -0.341 e. The number of anilines is 2. The molecular weight excluding hydrogens is 450 g/mol. The largest absolute Gasteiger partial charge is 0.341 e. The van der Waals surface area contributed by atoms with Crippen LogP contribution in [0.5, 0.6) is 0 Å².